The van der Waals surface area contributed by atoms with Crippen LogP contribution in [0.1, 0.15) is 43.0 Å². The lowest BCUT2D eigenvalue weighted by molar-refractivity contribution is -0.128. The van der Waals surface area contributed by atoms with E-state index < -0.39 is 0 Å². The second kappa shape index (κ2) is 11.3. The Bertz CT molecular complexity index is 503. The minimum atomic E-state index is -0.280. The fourth-order valence-electron chi connectivity index (χ4n) is 1.69. The topological polar surface area (TPSA) is 52.6 Å². The van der Waals surface area contributed by atoms with Crippen molar-refractivity contribution < 1.29 is 19.1 Å². The number of carbonyl (C=O) groups is 2. The normalized spacial score (nSPS) is 12.5. The van der Waals surface area contributed by atoms with Crippen molar-refractivity contribution in [2.75, 3.05) is 6.61 Å². The summed E-state index contributed by atoms with van der Waals surface area (Å²) in [7, 11) is 0. The summed E-state index contributed by atoms with van der Waals surface area (Å²) in [5.41, 5.74) is 0.591. The van der Waals surface area contributed by atoms with Gasteiger partial charge in [0.05, 0.1) is 12.2 Å². The van der Waals surface area contributed by atoms with E-state index in [4.69, 9.17) is 4.74 Å². The van der Waals surface area contributed by atoms with Crippen LogP contribution in [0, 0.1) is 0 Å². The predicted molar refractivity (Wildman–Crippen MR) is 85.2 cm³/mol. The van der Waals surface area contributed by atoms with Gasteiger partial charge in [0.25, 0.3) is 6.47 Å². The Morgan fingerprint density at radius 1 is 1.27 bits per heavy atom. The molecule has 0 N–H and O–H groups in total. The van der Waals surface area contributed by atoms with Gasteiger partial charge in [-0.1, -0.05) is 43.7 Å². The molecule has 0 fully saturated rings. The van der Waals surface area contributed by atoms with Crippen LogP contribution in [0.3, 0.4) is 0 Å². The molecule has 4 nitrogen and oxygen atoms in total. The number of esters is 1. The van der Waals surface area contributed by atoms with Gasteiger partial charge in [-0.3, -0.25) is 4.79 Å². The Hall–Kier alpha value is -2.36. The summed E-state index contributed by atoms with van der Waals surface area (Å²) in [6, 6.07) is 9.03. The van der Waals surface area contributed by atoms with E-state index in [1.54, 1.807) is 12.1 Å². The lowest BCUT2D eigenvalue weighted by Gasteiger charge is -2.09. The van der Waals surface area contributed by atoms with Crippen LogP contribution < -0.4 is 0 Å². The van der Waals surface area contributed by atoms with Crippen LogP contribution in [-0.4, -0.2) is 19.0 Å². The van der Waals surface area contributed by atoms with Crippen LogP contribution in [0.5, 0.6) is 0 Å². The molecule has 22 heavy (non-hydrogen) atoms. The number of allylic oxidation sites excluding steroid dienone is 4. The molecule has 1 aliphatic rings. The quantitative estimate of drug-likeness (QED) is 0.452. The van der Waals surface area contributed by atoms with Crippen molar-refractivity contribution in [1.82, 2.24) is 0 Å². The number of rotatable bonds is 6. The number of hydrogen-bond acceptors (Lipinski definition) is 4. The van der Waals surface area contributed by atoms with E-state index in [0.29, 0.717) is 18.6 Å². The van der Waals surface area contributed by atoms with Crippen molar-refractivity contribution in [1.29, 1.82) is 0 Å². The first-order valence-corrected chi connectivity index (χ1v) is 7.46. The van der Waals surface area contributed by atoms with Gasteiger partial charge in [-0.15, -0.1) is 0 Å². The zero-order valence-corrected chi connectivity index (χ0v) is 12.9. The molecular formula is C18H22O4. The molecule has 1 aromatic carbocycles. The average Bonchev–Trinajstić information content (AvgIpc) is 2.58. The first kappa shape index (κ1) is 17.7. The number of unbranched alkanes of at least 4 members (excludes halogenated alkanes) is 1. The highest BCUT2D eigenvalue weighted by molar-refractivity contribution is 5.90. The largest absolute Gasteiger partial charge is 0.468 e. The molecule has 0 saturated heterocycles. The van der Waals surface area contributed by atoms with Crippen LogP contribution >= 0.6 is 0 Å². The molecule has 0 unspecified atom stereocenters. The summed E-state index contributed by atoms with van der Waals surface area (Å²) in [5, 5.41) is 0. The Morgan fingerprint density at radius 2 is 2.05 bits per heavy atom. The van der Waals surface area contributed by atoms with E-state index in [1.165, 1.54) is 0 Å². The third-order valence-corrected chi connectivity index (χ3v) is 2.89. The molecular weight excluding hydrogens is 280 g/mol. The zero-order chi connectivity index (χ0) is 16.0. The van der Waals surface area contributed by atoms with E-state index in [1.807, 2.05) is 37.3 Å². The molecule has 1 aromatic rings. The molecule has 118 valence electrons. The predicted octanol–water partition coefficient (Wildman–Crippen LogP) is 4.04. The SMILES string of the molecule is CCCCOC=O.O=C(OC1=CC=CCC1)c1ccccc1. The van der Waals surface area contributed by atoms with E-state index >= 15 is 0 Å². The molecule has 2 rings (SSSR count). The number of carbonyl (C=O) groups excluding carboxylic acids is 2. The van der Waals surface area contributed by atoms with Gasteiger partial charge in [-0.2, -0.15) is 0 Å². The molecule has 0 amide bonds. The van der Waals surface area contributed by atoms with Crippen molar-refractivity contribution >= 4 is 12.4 Å². The van der Waals surface area contributed by atoms with Gasteiger partial charge >= 0.3 is 5.97 Å². The molecule has 1 aliphatic carbocycles. The van der Waals surface area contributed by atoms with Gasteiger partial charge in [-0.05, 0) is 31.1 Å². The molecule has 0 atom stereocenters. The lowest BCUT2D eigenvalue weighted by atomic mass is 10.1. The van der Waals surface area contributed by atoms with E-state index in [-0.39, 0.29) is 5.97 Å². The molecule has 0 bridgehead atoms. The van der Waals surface area contributed by atoms with Gasteiger partial charge in [0.1, 0.15) is 5.76 Å². The lowest BCUT2D eigenvalue weighted by Crippen LogP contribution is -2.05. The fourth-order valence-corrected chi connectivity index (χ4v) is 1.69. The van der Waals surface area contributed by atoms with Gasteiger partial charge < -0.3 is 9.47 Å². The summed E-state index contributed by atoms with van der Waals surface area (Å²) < 4.78 is 9.64. The van der Waals surface area contributed by atoms with Crippen molar-refractivity contribution in [2.24, 2.45) is 0 Å². The van der Waals surface area contributed by atoms with Gasteiger partial charge in [-0.25, -0.2) is 4.79 Å². The maximum absolute atomic E-state index is 11.6. The van der Waals surface area contributed by atoms with Crippen LogP contribution in [0.4, 0.5) is 0 Å². The minimum absolute atomic E-state index is 0.280. The summed E-state index contributed by atoms with van der Waals surface area (Å²) in [5.74, 6) is 0.462. The highest BCUT2D eigenvalue weighted by Crippen LogP contribution is 2.15. The van der Waals surface area contributed by atoms with Crippen molar-refractivity contribution in [3.63, 3.8) is 0 Å². The molecule has 0 saturated carbocycles. The van der Waals surface area contributed by atoms with Gasteiger partial charge in [0.2, 0.25) is 0 Å². The van der Waals surface area contributed by atoms with E-state index in [9.17, 15) is 9.59 Å². The first-order valence-electron chi connectivity index (χ1n) is 7.46. The fraction of sp³-hybridized carbons (Fsp3) is 0.333. The Kier molecular flexibility index (Phi) is 9.10. The smallest absolute Gasteiger partial charge is 0.343 e. The van der Waals surface area contributed by atoms with Crippen molar-refractivity contribution in [3.8, 4) is 0 Å². The summed E-state index contributed by atoms with van der Waals surface area (Å²) in [6.45, 7) is 3.10. The van der Waals surface area contributed by atoms with Crippen LogP contribution in [0.25, 0.3) is 0 Å². The van der Waals surface area contributed by atoms with E-state index in [2.05, 4.69) is 10.8 Å². The average molecular weight is 302 g/mol. The maximum atomic E-state index is 11.6. The minimum Gasteiger partial charge on any atom is -0.468 e. The third-order valence-electron chi connectivity index (χ3n) is 2.89. The summed E-state index contributed by atoms with van der Waals surface area (Å²) in [4.78, 5) is 21.1. The van der Waals surface area contributed by atoms with Crippen molar-refractivity contribution in [3.05, 3.63) is 59.9 Å². The van der Waals surface area contributed by atoms with Gasteiger partial charge in [0, 0.05) is 6.42 Å². The third kappa shape index (κ3) is 7.43. The highest BCUT2D eigenvalue weighted by atomic mass is 16.5. The second-order valence-electron chi connectivity index (χ2n) is 4.68. The monoisotopic (exact) mass is 302 g/mol. The van der Waals surface area contributed by atoms with Crippen LogP contribution in [0.2, 0.25) is 0 Å². The van der Waals surface area contributed by atoms with E-state index in [0.717, 1.165) is 31.4 Å². The molecule has 0 spiro atoms. The Labute approximate surface area is 131 Å². The number of ether oxygens (including phenoxy) is 2. The Balaban J connectivity index is 0.000000295. The maximum Gasteiger partial charge on any atom is 0.343 e. The summed E-state index contributed by atoms with van der Waals surface area (Å²) in [6.07, 6.45) is 9.59. The molecule has 0 heterocycles. The molecule has 0 aliphatic heterocycles. The zero-order valence-electron chi connectivity index (χ0n) is 12.9. The van der Waals surface area contributed by atoms with Crippen molar-refractivity contribution in [2.45, 2.75) is 32.6 Å². The molecule has 0 aromatic heterocycles. The highest BCUT2D eigenvalue weighted by Gasteiger charge is 2.09. The van der Waals surface area contributed by atoms with Crippen LogP contribution in [0.15, 0.2) is 54.3 Å². The van der Waals surface area contributed by atoms with Gasteiger partial charge in [0.15, 0.2) is 0 Å². The molecule has 4 heteroatoms. The second-order valence-corrected chi connectivity index (χ2v) is 4.68. The Morgan fingerprint density at radius 3 is 2.64 bits per heavy atom. The van der Waals surface area contributed by atoms with Crippen LogP contribution in [-0.2, 0) is 14.3 Å². The number of hydrogen-bond donors (Lipinski definition) is 0. The molecule has 0 radical (unpaired) electrons. The summed E-state index contributed by atoms with van der Waals surface area (Å²) >= 11 is 0. The number of benzene rings is 1. The standard InChI is InChI=1S/C13H12O2.C5H10O2/c14-13(11-7-3-1-4-8-11)15-12-9-5-2-6-10-12;1-2-3-4-7-5-6/h1-5,7-9H,6,10H2;5H,2-4H2,1H3. The first-order chi connectivity index (χ1) is 10.8.